The summed E-state index contributed by atoms with van der Waals surface area (Å²) in [5.41, 5.74) is -2.22. The number of H-pyrrole nitrogens is 1. The number of halogens is 2. The van der Waals surface area contributed by atoms with Crippen LogP contribution in [0.25, 0.3) is 5.69 Å². The van der Waals surface area contributed by atoms with Crippen LogP contribution in [0.2, 0.25) is 10.0 Å². The van der Waals surface area contributed by atoms with Crippen LogP contribution in [-0.2, 0) is 4.74 Å². The first kappa shape index (κ1) is 27.0. The lowest BCUT2D eigenvalue weighted by Gasteiger charge is -2.19. The van der Waals surface area contributed by atoms with Gasteiger partial charge in [-0.3, -0.25) is 19.9 Å². The van der Waals surface area contributed by atoms with Gasteiger partial charge in [0.25, 0.3) is 11.1 Å². The predicted octanol–water partition coefficient (Wildman–Crippen LogP) is 4.42. The zero-order valence-corrected chi connectivity index (χ0v) is 21.9. The van der Waals surface area contributed by atoms with Crippen LogP contribution in [-0.4, -0.2) is 31.0 Å². The zero-order chi connectivity index (χ0) is 26.9. The molecule has 2 heterocycles. The van der Waals surface area contributed by atoms with Gasteiger partial charge in [-0.05, 0) is 59.7 Å². The number of nitrogens with one attached hydrogen (secondary N) is 2. The smallest absolute Gasteiger partial charge is 0.413 e. The first-order valence-corrected chi connectivity index (χ1v) is 11.6. The summed E-state index contributed by atoms with van der Waals surface area (Å²) in [5, 5.41) is 6.17. The van der Waals surface area contributed by atoms with E-state index in [1.807, 2.05) is 13.8 Å². The molecule has 0 bridgehead atoms. The molecule has 36 heavy (non-hydrogen) atoms. The summed E-state index contributed by atoms with van der Waals surface area (Å²) >= 11 is 12.8. The fraction of sp³-hybridized carbons (Fsp3) is 0.348. The Bertz CT molecular complexity index is 1480. The largest absolute Gasteiger partial charge is 0.453 e. The average Bonchev–Trinajstić information content (AvgIpc) is 2.73. The van der Waals surface area contributed by atoms with Crippen LogP contribution in [0.1, 0.15) is 46.2 Å². The molecule has 13 heteroatoms. The van der Waals surface area contributed by atoms with Crippen LogP contribution in [0, 0.1) is 6.92 Å². The third-order valence-electron chi connectivity index (χ3n) is 4.65. The number of carbonyl (C=O) groups is 1. The van der Waals surface area contributed by atoms with Crippen LogP contribution < -0.4 is 26.9 Å². The number of pyridine rings is 1. The Labute approximate surface area is 215 Å². The van der Waals surface area contributed by atoms with Gasteiger partial charge in [-0.2, -0.15) is 4.68 Å². The van der Waals surface area contributed by atoms with E-state index in [9.17, 15) is 19.2 Å². The van der Waals surface area contributed by atoms with Gasteiger partial charge in [0.05, 0.1) is 21.9 Å². The van der Waals surface area contributed by atoms with E-state index in [4.69, 9.17) is 32.7 Å². The second kappa shape index (κ2) is 10.2. The summed E-state index contributed by atoms with van der Waals surface area (Å²) in [7, 11) is 0. The second-order valence-corrected chi connectivity index (χ2v) is 9.97. The highest BCUT2D eigenvalue weighted by molar-refractivity contribution is 6.37. The lowest BCUT2D eigenvalue weighted by molar-refractivity contribution is 0.0634. The SMILES string of the molecule is Cc1cc(Oc2c(Cl)cc(-n3nc(NC(=O)OC(C)(C)C)c(=O)[nH]c3=O)cc2Cl)cn(C(C)C)c1=O. The minimum Gasteiger partial charge on any atom is -0.453 e. The lowest BCUT2D eigenvalue weighted by atomic mass is 10.2. The molecule has 11 nitrogen and oxygen atoms in total. The van der Waals surface area contributed by atoms with Crippen molar-refractivity contribution in [3.8, 4) is 17.2 Å². The van der Waals surface area contributed by atoms with E-state index >= 15 is 0 Å². The summed E-state index contributed by atoms with van der Waals surface area (Å²) in [4.78, 5) is 51.0. The number of aromatic amines is 1. The van der Waals surface area contributed by atoms with Crippen LogP contribution >= 0.6 is 23.2 Å². The van der Waals surface area contributed by atoms with Gasteiger partial charge in [0.1, 0.15) is 11.4 Å². The van der Waals surface area contributed by atoms with Gasteiger partial charge in [-0.15, -0.1) is 5.10 Å². The Morgan fingerprint density at radius 1 is 1.11 bits per heavy atom. The van der Waals surface area contributed by atoms with E-state index in [-0.39, 0.29) is 33.1 Å². The maximum atomic E-state index is 12.4. The third-order valence-corrected chi connectivity index (χ3v) is 5.21. The molecule has 0 aliphatic carbocycles. The highest BCUT2D eigenvalue weighted by Crippen LogP contribution is 2.38. The van der Waals surface area contributed by atoms with Crippen molar-refractivity contribution in [1.29, 1.82) is 0 Å². The van der Waals surface area contributed by atoms with Crippen molar-refractivity contribution < 1.29 is 14.3 Å². The molecular formula is C23H25Cl2N5O6. The number of hydrogen-bond acceptors (Lipinski definition) is 7. The number of hydrogen-bond donors (Lipinski definition) is 2. The molecule has 3 rings (SSSR count). The van der Waals surface area contributed by atoms with Crippen molar-refractivity contribution in [2.24, 2.45) is 0 Å². The van der Waals surface area contributed by atoms with Gasteiger partial charge in [0.15, 0.2) is 5.75 Å². The Balaban J connectivity index is 1.99. The van der Waals surface area contributed by atoms with Gasteiger partial charge in [-0.25, -0.2) is 9.59 Å². The van der Waals surface area contributed by atoms with Crippen molar-refractivity contribution in [1.82, 2.24) is 19.3 Å². The highest BCUT2D eigenvalue weighted by Gasteiger charge is 2.20. The van der Waals surface area contributed by atoms with Gasteiger partial charge in [0, 0.05) is 11.6 Å². The van der Waals surface area contributed by atoms with Crippen molar-refractivity contribution in [3.05, 3.63) is 71.2 Å². The topological polar surface area (TPSA) is 137 Å². The first-order valence-electron chi connectivity index (χ1n) is 10.8. The van der Waals surface area contributed by atoms with Crippen molar-refractivity contribution in [2.75, 3.05) is 5.32 Å². The zero-order valence-electron chi connectivity index (χ0n) is 20.4. The van der Waals surface area contributed by atoms with E-state index in [1.165, 1.54) is 16.7 Å². The van der Waals surface area contributed by atoms with Gasteiger partial charge >= 0.3 is 11.8 Å². The standard InChI is InChI=1S/C23H25Cl2N5O6/c1-11(2)29-10-14(7-12(3)20(29)32)35-17-15(24)8-13(9-16(17)25)30-21(33)27-19(31)18(28-30)26-22(34)36-23(4,5)6/h7-11H,1-6H3,(H,26,28,34)(H,27,31,33). The molecule has 2 N–H and O–H groups in total. The fourth-order valence-electron chi connectivity index (χ4n) is 3.09. The van der Waals surface area contributed by atoms with Crippen LogP contribution in [0.15, 0.2) is 38.8 Å². The molecule has 0 atom stereocenters. The van der Waals surface area contributed by atoms with Crippen molar-refractivity contribution >= 4 is 35.1 Å². The van der Waals surface area contributed by atoms with Gasteiger partial charge < -0.3 is 14.0 Å². The molecule has 0 unspecified atom stereocenters. The van der Waals surface area contributed by atoms with E-state index in [0.717, 1.165) is 4.68 Å². The molecule has 0 saturated carbocycles. The molecule has 1 aromatic carbocycles. The molecule has 0 aliphatic heterocycles. The Morgan fingerprint density at radius 2 is 1.72 bits per heavy atom. The number of aryl methyl sites for hydroxylation is 1. The molecule has 0 aliphatic rings. The summed E-state index contributed by atoms with van der Waals surface area (Å²) < 4.78 is 13.3. The lowest BCUT2D eigenvalue weighted by Crippen LogP contribution is -2.36. The number of ether oxygens (including phenoxy) is 2. The molecule has 2 aromatic heterocycles. The molecular weight excluding hydrogens is 513 g/mol. The Kier molecular flexibility index (Phi) is 7.65. The number of benzene rings is 1. The summed E-state index contributed by atoms with van der Waals surface area (Å²) in [6.45, 7) is 10.3. The van der Waals surface area contributed by atoms with Crippen molar-refractivity contribution in [3.63, 3.8) is 0 Å². The van der Waals surface area contributed by atoms with Crippen LogP contribution in [0.5, 0.6) is 11.5 Å². The van der Waals surface area contributed by atoms with E-state index < -0.39 is 28.8 Å². The minimum absolute atomic E-state index is 0.0269. The maximum absolute atomic E-state index is 12.4. The molecule has 3 aromatic rings. The number of carbonyl (C=O) groups excluding carboxylic acids is 1. The predicted molar refractivity (Wildman–Crippen MR) is 136 cm³/mol. The number of amides is 1. The quantitative estimate of drug-likeness (QED) is 0.491. The van der Waals surface area contributed by atoms with Crippen molar-refractivity contribution in [2.45, 2.75) is 53.2 Å². The van der Waals surface area contributed by atoms with Crippen LogP contribution in [0.3, 0.4) is 0 Å². The first-order chi connectivity index (χ1) is 16.7. The minimum atomic E-state index is -0.927. The Morgan fingerprint density at radius 3 is 2.28 bits per heavy atom. The fourth-order valence-corrected chi connectivity index (χ4v) is 3.65. The third kappa shape index (κ3) is 6.16. The highest BCUT2D eigenvalue weighted by atomic mass is 35.5. The Hall–Kier alpha value is -3.57. The van der Waals surface area contributed by atoms with Gasteiger partial charge in [0.2, 0.25) is 5.82 Å². The summed E-state index contributed by atoms with van der Waals surface area (Å²) in [5.74, 6) is -0.0524. The molecule has 0 fully saturated rings. The second-order valence-electron chi connectivity index (χ2n) is 9.15. The summed E-state index contributed by atoms with van der Waals surface area (Å²) in [6, 6.07) is 4.15. The monoisotopic (exact) mass is 537 g/mol. The number of rotatable bonds is 5. The maximum Gasteiger partial charge on any atom is 0.413 e. The van der Waals surface area contributed by atoms with Crippen LogP contribution in [0.4, 0.5) is 10.6 Å². The molecule has 0 spiro atoms. The molecule has 1 amide bonds. The average molecular weight is 538 g/mol. The van der Waals surface area contributed by atoms with E-state index in [1.54, 1.807) is 40.0 Å². The van der Waals surface area contributed by atoms with Gasteiger partial charge in [-0.1, -0.05) is 23.2 Å². The molecule has 192 valence electrons. The normalized spacial score (nSPS) is 11.5. The molecule has 0 saturated heterocycles. The summed E-state index contributed by atoms with van der Waals surface area (Å²) in [6.07, 6.45) is 0.618. The molecule has 0 radical (unpaired) electrons. The number of nitrogens with zero attached hydrogens (tertiary/aromatic N) is 3. The van der Waals surface area contributed by atoms with E-state index in [0.29, 0.717) is 11.3 Å². The number of anilines is 1. The number of aromatic nitrogens is 4. The van der Waals surface area contributed by atoms with E-state index in [2.05, 4.69) is 15.4 Å².